The summed E-state index contributed by atoms with van der Waals surface area (Å²) >= 11 is 0. The number of carbonyl (C=O) groups is 2. The Labute approximate surface area is 123 Å². The van der Waals surface area contributed by atoms with Gasteiger partial charge in [0.2, 0.25) is 0 Å². The van der Waals surface area contributed by atoms with E-state index in [1.165, 1.54) is 0 Å². The van der Waals surface area contributed by atoms with E-state index in [2.05, 4.69) is 6.58 Å². The number of esters is 1. The molecule has 3 nitrogen and oxygen atoms in total. The van der Waals surface area contributed by atoms with E-state index in [1.807, 2.05) is 18.2 Å². The van der Waals surface area contributed by atoms with Crippen LogP contribution in [0, 0.1) is 0 Å². The summed E-state index contributed by atoms with van der Waals surface area (Å²) in [7, 11) is 0. The fourth-order valence-corrected chi connectivity index (χ4v) is 2.00. The molecule has 2 aromatic carbocycles. The van der Waals surface area contributed by atoms with Crippen molar-refractivity contribution in [1.82, 2.24) is 0 Å². The summed E-state index contributed by atoms with van der Waals surface area (Å²) in [5.41, 5.74) is 2.03. The Kier molecular flexibility index (Phi) is 4.67. The van der Waals surface area contributed by atoms with Crippen molar-refractivity contribution in [2.75, 3.05) is 0 Å². The number of carbonyl (C=O) groups excluding carboxylic acids is 2. The summed E-state index contributed by atoms with van der Waals surface area (Å²) in [5, 5.41) is 0. The Morgan fingerprint density at radius 2 is 1.57 bits per heavy atom. The van der Waals surface area contributed by atoms with Crippen molar-refractivity contribution in [3.8, 4) is 0 Å². The van der Waals surface area contributed by atoms with Gasteiger partial charge in [-0.25, -0.2) is 0 Å². The molecular weight excluding hydrogens is 264 g/mol. The molecule has 0 radical (unpaired) electrons. The molecule has 1 unspecified atom stereocenters. The number of benzene rings is 2. The fraction of sp³-hybridized carbons (Fsp3) is 0.111. The topological polar surface area (TPSA) is 43.4 Å². The maximum Gasteiger partial charge on any atom is 0.317 e. The lowest BCUT2D eigenvalue weighted by Gasteiger charge is -2.10. The van der Waals surface area contributed by atoms with Crippen LogP contribution in [-0.2, 0) is 9.53 Å². The maximum atomic E-state index is 12.3. The van der Waals surface area contributed by atoms with Crippen LogP contribution in [0.15, 0.2) is 67.4 Å². The van der Waals surface area contributed by atoms with Gasteiger partial charge in [0.05, 0.1) is 12.2 Å². The number of hydrogen-bond acceptors (Lipinski definition) is 3. The molecule has 0 aliphatic heterocycles. The van der Waals surface area contributed by atoms with Crippen molar-refractivity contribution in [2.45, 2.75) is 12.8 Å². The molecule has 2 rings (SSSR count). The monoisotopic (exact) mass is 280 g/mol. The summed E-state index contributed by atoms with van der Waals surface area (Å²) in [6, 6.07) is 16.1. The highest BCUT2D eigenvalue weighted by Crippen LogP contribution is 2.19. The summed E-state index contributed by atoms with van der Waals surface area (Å²) < 4.78 is 4.76. The molecule has 0 aromatic heterocycles. The van der Waals surface area contributed by atoms with Gasteiger partial charge in [-0.3, -0.25) is 9.59 Å². The largest absolute Gasteiger partial charge is 0.435 e. The number of ketones is 1. The van der Waals surface area contributed by atoms with Crippen LogP contribution < -0.4 is 0 Å². The van der Waals surface area contributed by atoms with Gasteiger partial charge in [0.15, 0.2) is 5.78 Å². The molecule has 2 aromatic rings. The molecule has 0 heterocycles. The van der Waals surface area contributed by atoms with Crippen LogP contribution in [-0.4, -0.2) is 11.8 Å². The summed E-state index contributed by atoms with van der Waals surface area (Å²) in [6.07, 6.45) is 1.12. The highest BCUT2D eigenvalue weighted by Gasteiger charge is 2.16. The van der Waals surface area contributed by atoms with Crippen molar-refractivity contribution >= 4 is 11.8 Å². The molecule has 0 N–H and O–H groups in total. The van der Waals surface area contributed by atoms with Crippen LogP contribution in [0.2, 0.25) is 0 Å². The third-order valence-electron chi connectivity index (χ3n) is 3.26. The van der Waals surface area contributed by atoms with Crippen LogP contribution in [0.3, 0.4) is 0 Å². The van der Waals surface area contributed by atoms with Crippen LogP contribution in [0.5, 0.6) is 0 Å². The molecule has 0 bridgehead atoms. The zero-order valence-corrected chi connectivity index (χ0v) is 11.8. The van der Waals surface area contributed by atoms with Gasteiger partial charge in [-0.15, -0.1) is 0 Å². The minimum Gasteiger partial charge on any atom is -0.435 e. The van der Waals surface area contributed by atoms with Gasteiger partial charge in [-0.05, 0) is 12.5 Å². The van der Waals surface area contributed by atoms with Gasteiger partial charge >= 0.3 is 5.97 Å². The van der Waals surface area contributed by atoms with Gasteiger partial charge in [-0.1, -0.05) is 61.2 Å². The van der Waals surface area contributed by atoms with Crippen molar-refractivity contribution in [1.29, 1.82) is 0 Å². The lowest BCUT2D eigenvalue weighted by atomic mass is 9.97. The second-order valence-corrected chi connectivity index (χ2v) is 4.64. The highest BCUT2D eigenvalue weighted by molar-refractivity contribution is 6.08. The fourth-order valence-electron chi connectivity index (χ4n) is 2.00. The third kappa shape index (κ3) is 3.45. The van der Waals surface area contributed by atoms with Gasteiger partial charge in [-0.2, -0.15) is 0 Å². The molecule has 3 heteroatoms. The van der Waals surface area contributed by atoms with Gasteiger partial charge in [0.1, 0.15) is 0 Å². The van der Waals surface area contributed by atoms with Crippen LogP contribution in [0.1, 0.15) is 34.3 Å². The van der Waals surface area contributed by atoms with Gasteiger partial charge < -0.3 is 4.74 Å². The van der Waals surface area contributed by atoms with Gasteiger partial charge in [0, 0.05) is 11.1 Å². The van der Waals surface area contributed by atoms with E-state index in [0.29, 0.717) is 11.1 Å². The molecular formula is C18H16O3. The zero-order valence-electron chi connectivity index (χ0n) is 11.8. The van der Waals surface area contributed by atoms with E-state index < -0.39 is 5.92 Å². The van der Waals surface area contributed by atoms with Crippen molar-refractivity contribution < 1.29 is 14.3 Å². The predicted octanol–water partition coefficient (Wildman–Crippen LogP) is 3.71. The van der Waals surface area contributed by atoms with Crippen LogP contribution in [0.25, 0.3) is 0 Å². The molecule has 0 aliphatic carbocycles. The van der Waals surface area contributed by atoms with Crippen molar-refractivity contribution in [3.63, 3.8) is 0 Å². The second-order valence-electron chi connectivity index (χ2n) is 4.64. The standard InChI is InChI=1S/C18H16O3/c1-3-21-18(20)13(2)14-9-11-16(12-10-14)17(19)15-7-5-4-6-8-15/h3-13H,1H2,2H3. The first kappa shape index (κ1) is 14.7. The minimum atomic E-state index is -0.399. The quantitative estimate of drug-likeness (QED) is 0.476. The predicted molar refractivity (Wildman–Crippen MR) is 81.0 cm³/mol. The Morgan fingerprint density at radius 1 is 1.00 bits per heavy atom. The Balaban J connectivity index is 2.17. The van der Waals surface area contributed by atoms with Crippen molar-refractivity contribution in [2.24, 2.45) is 0 Å². The number of ether oxygens (including phenoxy) is 1. The highest BCUT2D eigenvalue weighted by atomic mass is 16.5. The van der Waals surface area contributed by atoms with Crippen LogP contribution >= 0.6 is 0 Å². The normalized spacial score (nSPS) is 11.5. The van der Waals surface area contributed by atoms with E-state index in [9.17, 15) is 9.59 Å². The van der Waals surface area contributed by atoms with Gasteiger partial charge in [0.25, 0.3) is 0 Å². The molecule has 106 valence electrons. The number of rotatable bonds is 5. The third-order valence-corrected chi connectivity index (χ3v) is 3.26. The smallest absolute Gasteiger partial charge is 0.317 e. The molecule has 0 saturated carbocycles. The van der Waals surface area contributed by atoms with E-state index in [4.69, 9.17) is 4.74 Å². The number of hydrogen-bond donors (Lipinski definition) is 0. The molecule has 0 spiro atoms. The van der Waals surface area contributed by atoms with Crippen LogP contribution in [0.4, 0.5) is 0 Å². The summed E-state index contributed by atoms with van der Waals surface area (Å²) in [5.74, 6) is -0.806. The first-order chi connectivity index (χ1) is 10.1. The lowest BCUT2D eigenvalue weighted by molar-refractivity contribution is -0.139. The Hall–Kier alpha value is -2.68. The molecule has 21 heavy (non-hydrogen) atoms. The van der Waals surface area contributed by atoms with E-state index in [1.54, 1.807) is 43.3 Å². The zero-order chi connectivity index (χ0) is 15.2. The Bertz CT molecular complexity index is 642. The summed E-state index contributed by atoms with van der Waals surface area (Å²) in [6.45, 7) is 5.11. The first-order valence-corrected chi connectivity index (χ1v) is 6.64. The van der Waals surface area contributed by atoms with Crippen molar-refractivity contribution in [3.05, 3.63) is 84.1 Å². The molecule has 1 atom stereocenters. The average Bonchev–Trinajstić information content (AvgIpc) is 2.54. The molecule has 0 aliphatic rings. The van der Waals surface area contributed by atoms with E-state index >= 15 is 0 Å². The molecule has 0 fully saturated rings. The molecule has 0 amide bonds. The first-order valence-electron chi connectivity index (χ1n) is 6.64. The van der Waals surface area contributed by atoms with E-state index in [0.717, 1.165) is 11.8 Å². The average molecular weight is 280 g/mol. The Morgan fingerprint density at radius 3 is 2.14 bits per heavy atom. The SMILES string of the molecule is C=COC(=O)C(C)c1ccc(C(=O)c2ccccc2)cc1. The lowest BCUT2D eigenvalue weighted by Crippen LogP contribution is -2.10. The summed E-state index contributed by atoms with van der Waals surface area (Å²) in [4.78, 5) is 23.9. The second kappa shape index (κ2) is 6.66. The maximum absolute atomic E-state index is 12.3. The molecule has 0 saturated heterocycles. The van der Waals surface area contributed by atoms with E-state index in [-0.39, 0.29) is 11.8 Å². The minimum absolute atomic E-state index is 0.0385.